The first-order valence-electron chi connectivity index (χ1n) is 6.97. The van der Waals surface area contributed by atoms with Crippen molar-refractivity contribution in [3.05, 3.63) is 0 Å². The van der Waals surface area contributed by atoms with Crippen LogP contribution in [0.3, 0.4) is 0 Å². The van der Waals surface area contributed by atoms with E-state index in [1.807, 2.05) is 0 Å². The molecule has 3 heteroatoms. The summed E-state index contributed by atoms with van der Waals surface area (Å²) < 4.78 is 4.94. The zero-order chi connectivity index (χ0) is 12.7. The highest BCUT2D eigenvalue weighted by atomic mass is 16.5. The van der Waals surface area contributed by atoms with Gasteiger partial charge in [0, 0.05) is 13.7 Å². The molecule has 0 aromatic heterocycles. The highest BCUT2D eigenvalue weighted by Gasteiger charge is 2.19. The highest BCUT2D eigenvalue weighted by Crippen LogP contribution is 2.30. The van der Waals surface area contributed by atoms with Gasteiger partial charge in [-0.25, -0.2) is 0 Å². The largest absolute Gasteiger partial charge is 0.389 e. The summed E-state index contributed by atoms with van der Waals surface area (Å²) in [7, 11) is 3.72. The number of rotatable bonds is 7. The lowest BCUT2D eigenvalue weighted by Crippen LogP contribution is -2.33. The molecular formula is C14H29NO2. The van der Waals surface area contributed by atoms with Gasteiger partial charge in [-0.3, -0.25) is 0 Å². The van der Waals surface area contributed by atoms with Crippen molar-refractivity contribution in [2.24, 2.45) is 11.8 Å². The van der Waals surface area contributed by atoms with Crippen molar-refractivity contribution < 1.29 is 9.84 Å². The molecule has 0 bridgehead atoms. The number of hydrogen-bond acceptors (Lipinski definition) is 3. The summed E-state index contributed by atoms with van der Waals surface area (Å²) in [4.78, 5) is 2.23. The van der Waals surface area contributed by atoms with Crippen LogP contribution in [0.4, 0.5) is 0 Å². The summed E-state index contributed by atoms with van der Waals surface area (Å²) in [5, 5.41) is 9.63. The van der Waals surface area contributed by atoms with Crippen molar-refractivity contribution in [1.29, 1.82) is 0 Å². The maximum absolute atomic E-state index is 9.63. The van der Waals surface area contributed by atoms with E-state index in [0.29, 0.717) is 6.61 Å². The van der Waals surface area contributed by atoms with E-state index in [0.717, 1.165) is 24.9 Å². The molecule has 0 radical (unpaired) electrons. The molecule has 0 aromatic rings. The fraction of sp³-hybridized carbons (Fsp3) is 1.00. The molecule has 1 aliphatic carbocycles. The Morgan fingerprint density at radius 2 is 2.18 bits per heavy atom. The average molecular weight is 243 g/mol. The highest BCUT2D eigenvalue weighted by molar-refractivity contribution is 4.72. The van der Waals surface area contributed by atoms with E-state index < -0.39 is 0 Å². The van der Waals surface area contributed by atoms with E-state index in [1.54, 1.807) is 7.11 Å². The number of hydrogen-bond donors (Lipinski definition) is 1. The van der Waals surface area contributed by atoms with Crippen molar-refractivity contribution in [2.75, 3.05) is 33.9 Å². The van der Waals surface area contributed by atoms with Crippen LogP contribution in [-0.4, -0.2) is 50.0 Å². The number of likely N-dealkylation sites (N-methyl/N-ethyl adjacent to an activating group) is 1. The molecule has 0 saturated heterocycles. The summed E-state index contributed by atoms with van der Waals surface area (Å²) in [6.45, 7) is 4.62. The van der Waals surface area contributed by atoms with E-state index in [1.165, 1.54) is 32.1 Å². The SMILES string of the molecule is COCC(O)CN(C)CCC1CCCC(C)C1. The minimum absolute atomic E-state index is 0.352. The van der Waals surface area contributed by atoms with Crippen LogP contribution >= 0.6 is 0 Å². The van der Waals surface area contributed by atoms with E-state index in [4.69, 9.17) is 4.74 Å². The van der Waals surface area contributed by atoms with E-state index in [2.05, 4.69) is 18.9 Å². The molecule has 0 heterocycles. The number of ether oxygens (including phenoxy) is 1. The average Bonchev–Trinajstić information content (AvgIpc) is 2.27. The fourth-order valence-corrected chi connectivity index (χ4v) is 2.92. The van der Waals surface area contributed by atoms with Crippen LogP contribution in [0.2, 0.25) is 0 Å². The molecule has 0 spiro atoms. The second kappa shape index (κ2) is 8.06. The second-order valence-corrected chi connectivity index (χ2v) is 5.80. The van der Waals surface area contributed by atoms with Gasteiger partial charge in [-0.2, -0.15) is 0 Å². The molecule has 3 nitrogen and oxygen atoms in total. The second-order valence-electron chi connectivity index (χ2n) is 5.80. The normalized spacial score (nSPS) is 27.4. The van der Waals surface area contributed by atoms with E-state index in [-0.39, 0.29) is 6.10 Å². The Morgan fingerprint density at radius 3 is 2.82 bits per heavy atom. The maximum Gasteiger partial charge on any atom is 0.0899 e. The smallest absolute Gasteiger partial charge is 0.0899 e. The molecule has 3 unspecified atom stereocenters. The third-order valence-electron chi connectivity index (χ3n) is 3.85. The van der Waals surface area contributed by atoms with Crippen molar-refractivity contribution in [3.63, 3.8) is 0 Å². The van der Waals surface area contributed by atoms with Gasteiger partial charge in [0.1, 0.15) is 0 Å². The van der Waals surface area contributed by atoms with Crippen molar-refractivity contribution in [3.8, 4) is 0 Å². The zero-order valence-corrected chi connectivity index (χ0v) is 11.7. The molecule has 0 aliphatic heterocycles. The number of aliphatic hydroxyl groups excluding tert-OH is 1. The molecule has 0 aromatic carbocycles. The molecule has 1 rings (SSSR count). The fourth-order valence-electron chi connectivity index (χ4n) is 2.92. The Morgan fingerprint density at radius 1 is 1.41 bits per heavy atom. The monoisotopic (exact) mass is 243 g/mol. The van der Waals surface area contributed by atoms with Crippen LogP contribution in [0, 0.1) is 11.8 Å². The summed E-state index contributed by atoms with van der Waals surface area (Å²) in [6.07, 6.45) is 6.55. The minimum atomic E-state index is -0.352. The Bertz CT molecular complexity index is 199. The van der Waals surface area contributed by atoms with Crippen molar-refractivity contribution >= 4 is 0 Å². The quantitative estimate of drug-likeness (QED) is 0.743. The predicted octanol–water partition coefficient (Wildman–Crippen LogP) is 2.14. The Hall–Kier alpha value is -0.120. The number of methoxy groups -OCH3 is 1. The van der Waals surface area contributed by atoms with Crippen molar-refractivity contribution in [1.82, 2.24) is 4.90 Å². The molecule has 1 saturated carbocycles. The lowest BCUT2D eigenvalue weighted by Gasteiger charge is -2.28. The summed E-state index contributed by atoms with van der Waals surface area (Å²) in [6, 6.07) is 0. The van der Waals surface area contributed by atoms with Gasteiger partial charge in [-0.05, 0) is 38.3 Å². The van der Waals surface area contributed by atoms with Gasteiger partial charge >= 0.3 is 0 Å². The third kappa shape index (κ3) is 6.39. The van der Waals surface area contributed by atoms with Gasteiger partial charge in [-0.1, -0.05) is 26.2 Å². The van der Waals surface area contributed by atoms with Gasteiger partial charge in [0.15, 0.2) is 0 Å². The zero-order valence-electron chi connectivity index (χ0n) is 11.7. The minimum Gasteiger partial charge on any atom is -0.389 e. The van der Waals surface area contributed by atoms with Crippen LogP contribution in [0.15, 0.2) is 0 Å². The Balaban J connectivity index is 2.12. The molecule has 17 heavy (non-hydrogen) atoms. The topological polar surface area (TPSA) is 32.7 Å². The molecule has 3 atom stereocenters. The van der Waals surface area contributed by atoms with Crippen molar-refractivity contribution in [2.45, 2.75) is 45.1 Å². The van der Waals surface area contributed by atoms with Gasteiger partial charge in [0.25, 0.3) is 0 Å². The summed E-state index contributed by atoms with van der Waals surface area (Å²) in [5.41, 5.74) is 0. The first kappa shape index (κ1) is 14.9. The molecule has 0 amide bonds. The molecule has 102 valence electrons. The number of nitrogens with zero attached hydrogens (tertiary/aromatic N) is 1. The standard InChI is InChI=1S/C14H29NO2/c1-12-5-4-6-13(9-12)7-8-15(2)10-14(16)11-17-3/h12-14,16H,4-11H2,1-3H3. The lowest BCUT2D eigenvalue weighted by atomic mass is 9.81. The molecule has 1 aliphatic rings. The van der Waals surface area contributed by atoms with Gasteiger partial charge in [-0.15, -0.1) is 0 Å². The Kier molecular flexibility index (Phi) is 7.09. The molecule has 1 fully saturated rings. The van der Waals surface area contributed by atoms with Gasteiger partial charge in [0.2, 0.25) is 0 Å². The van der Waals surface area contributed by atoms with Crippen LogP contribution in [0.25, 0.3) is 0 Å². The summed E-state index contributed by atoms with van der Waals surface area (Å²) >= 11 is 0. The lowest BCUT2D eigenvalue weighted by molar-refractivity contribution is 0.0417. The van der Waals surface area contributed by atoms with E-state index in [9.17, 15) is 5.11 Å². The van der Waals surface area contributed by atoms with Crippen LogP contribution in [0.5, 0.6) is 0 Å². The predicted molar refractivity (Wildman–Crippen MR) is 71.1 cm³/mol. The number of aliphatic hydroxyl groups is 1. The van der Waals surface area contributed by atoms with Crippen LogP contribution < -0.4 is 0 Å². The van der Waals surface area contributed by atoms with Gasteiger partial charge in [0.05, 0.1) is 12.7 Å². The van der Waals surface area contributed by atoms with E-state index >= 15 is 0 Å². The molecule has 1 N–H and O–H groups in total. The molecular weight excluding hydrogens is 214 g/mol. The van der Waals surface area contributed by atoms with Crippen LogP contribution in [-0.2, 0) is 4.74 Å². The first-order chi connectivity index (χ1) is 8.11. The van der Waals surface area contributed by atoms with Crippen LogP contribution in [0.1, 0.15) is 39.0 Å². The first-order valence-corrected chi connectivity index (χ1v) is 6.97. The van der Waals surface area contributed by atoms with Gasteiger partial charge < -0.3 is 14.7 Å². The summed E-state index contributed by atoms with van der Waals surface area (Å²) in [5.74, 6) is 1.82. The maximum atomic E-state index is 9.63. The Labute approximate surface area is 106 Å². The third-order valence-corrected chi connectivity index (χ3v) is 3.85.